The zero-order valence-corrected chi connectivity index (χ0v) is 14.7. The summed E-state index contributed by atoms with van der Waals surface area (Å²) in [7, 11) is 0. The van der Waals surface area contributed by atoms with Crippen molar-refractivity contribution in [3.05, 3.63) is 66.0 Å². The van der Waals surface area contributed by atoms with E-state index in [4.69, 9.17) is 5.73 Å². The molecule has 2 aromatic carbocycles. The Morgan fingerprint density at radius 1 is 1.12 bits per heavy atom. The number of rotatable bonds is 3. The maximum Gasteiger partial charge on any atom is 0.160 e. The summed E-state index contributed by atoms with van der Waals surface area (Å²) in [6.07, 6.45) is 4.20. The van der Waals surface area contributed by atoms with Gasteiger partial charge in [0, 0.05) is 4.90 Å². The average molecular weight is 352 g/mol. The topological polar surface area (TPSA) is 67.1 Å². The van der Waals surface area contributed by atoms with Crippen molar-refractivity contribution in [1.82, 2.24) is 9.97 Å². The Kier molecular flexibility index (Phi) is 4.08. The molecule has 0 amide bonds. The number of benzene rings is 2. The number of amidine groups is 1. The lowest BCUT2D eigenvalue weighted by atomic mass is 10.1. The van der Waals surface area contributed by atoms with Crippen LogP contribution < -0.4 is 5.73 Å². The Balaban J connectivity index is 1.71. The molecule has 3 aromatic rings. The van der Waals surface area contributed by atoms with Crippen LogP contribution in [-0.4, -0.2) is 21.4 Å². The van der Waals surface area contributed by atoms with E-state index in [1.54, 1.807) is 23.5 Å². The first kappa shape index (κ1) is 15.4. The minimum atomic E-state index is 0.140. The Morgan fingerprint density at radius 2 is 1.92 bits per heavy atom. The molecule has 1 aliphatic heterocycles. The SMILES string of the molecule is CSc1ccc(C2C=C(c3nc4ccccc4[nH]3)N=C(N)S2)cc1. The van der Waals surface area contributed by atoms with Crippen LogP contribution in [-0.2, 0) is 0 Å². The summed E-state index contributed by atoms with van der Waals surface area (Å²) in [6, 6.07) is 16.5. The Labute approximate surface area is 148 Å². The van der Waals surface area contributed by atoms with Crippen molar-refractivity contribution >= 4 is 45.4 Å². The molecule has 1 unspecified atom stereocenters. The molecule has 3 N–H and O–H groups in total. The first-order valence-corrected chi connectivity index (χ1v) is 9.65. The standard InChI is InChI=1S/C18H16N4S2/c1-23-12-8-6-11(7-9-12)16-10-15(22-18(19)24-16)17-20-13-4-2-3-5-14(13)21-17/h2-10,16H,1H3,(H2,19,22)(H,20,21). The van der Waals surface area contributed by atoms with Gasteiger partial charge in [0.1, 0.15) is 5.70 Å². The monoisotopic (exact) mass is 352 g/mol. The molecule has 1 atom stereocenters. The molecular weight excluding hydrogens is 336 g/mol. The van der Waals surface area contributed by atoms with E-state index >= 15 is 0 Å². The molecule has 0 fully saturated rings. The fourth-order valence-electron chi connectivity index (χ4n) is 2.65. The van der Waals surface area contributed by atoms with Crippen LogP contribution in [0, 0.1) is 0 Å². The maximum atomic E-state index is 6.07. The third kappa shape index (κ3) is 2.95. The predicted octanol–water partition coefficient (Wildman–Crippen LogP) is 4.43. The second-order valence-corrected chi connectivity index (χ2v) is 7.46. The average Bonchev–Trinajstić information content (AvgIpc) is 3.05. The highest BCUT2D eigenvalue weighted by Gasteiger charge is 2.20. The van der Waals surface area contributed by atoms with Crippen molar-refractivity contribution < 1.29 is 0 Å². The minimum Gasteiger partial charge on any atom is -0.378 e. The second kappa shape index (κ2) is 6.37. The number of fused-ring (bicyclic) bond motifs is 1. The highest BCUT2D eigenvalue weighted by atomic mass is 32.2. The van der Waals surface area contributed by atoms with E-state index in [0.717, 1.165) is 22.6 Å². The summed E-state index contributed by atoms with van der Waals surface area (Å²) in [5.74, 6) is 0.755. The van der Waals surface area contributed by atoms with Gasteiger partial charge < -0.3 is 10.7 Å². The van der Waals surface area contributed by atoms with Gasteiger partial charge in [0.15, 0.2) is 11.0 Å². The van der Waals surface area contributed by atoms with Crippen molar-refractivity contribution in [3.63, 3.8) is 0 Å². The Bertz CT molecular complexity index is 908. The van der Waals surface area contributed by atoms with Crippen molar-refractivity contribution in [1.29, 1.82) is 0 Å². The van der Waals surface area contributed by atoms with Crippen molar-refractivity contribution in [2.24, 2.45) is 10.7 Å². The van der Waals surface area contributed by atoms with Gasteiger partial charge >= 0.3 is 0 Å². The molecule has 0 aliphatic carbocycles. The number of H-pyrrole nitrogens is 1. The van der Waals surface area contributed by atoms with E-state index in [-0.39, 0.29) is 5.25 Å². The normalized spacial score (nSPS) is 17.6. The van der Waals surface area contributed by atoms with Crippen LogP contribution in [0.5, 0.6) is 0 Å². The molecule has 120 valence electrons. The van der Waals surface area contributed by atoms with E-state index in [2.05, 4.69) is 51.6 Å². The summed E-state index contributed by atoms with van der Waals surface area (Å²) in [5.41, 5.74) is 10.0. The summed E-state index contributed by atoms with van der Waals surface area (Å²) in [5, 5.41) is 0.702. The van der Waals surface area contributed by atoms with Crippen LogP contribution in [0.1, 0.15) is 16.6 Å². The first-order chi connectivity index (χ1) is 11.7. The van der Waals surface area contributed by atoms with Gasteiger partial charge in [0.2, 0.25) is 0 Å². The largest absolute Gasteiger partial charge is 0.378 e. The number of hydrogen-bond donors (Lipinski definition) is 2. The van der Waals surface area contributed by atoms with E-state index in [0.29, 0.717) is 5.17 Å². The van der Waals surface area contributed by atoms with E-state index < -0.39 is 0 Å². The van der Waals surface area contributed by atoms with E-state index in [1.807, 2.05) is 24.3 Å². The molecule has 0 radical (unpaired) electrons. The van der Waals surface area contributed by atoms with Gasteiger partial charge in [0.25, 0.3) is 0 Å². The van der Waals surface area contributed by atoms with Crippen molar-refractivity contribution in [3.8, 4) is 0 Å². The lowest BCUT2D eigenvalue weighted by molar-refractivity contribution is 1.17. The van der Waals surface area contributed by atoms with Gasteiger partial charge in [-0.15, -0.1) is 11.8 Å². The number of nitrogens with two attached hydrogens (primary N) is 1. The van der Waals surface area contributed by atoms with Gasteiger partial charge in [-0.05, 0) is 42.2 Å². The molecule has 2 heterocycles. The quantitative estimate of drug-likeness (QED) is 0.684. The molecule has 1 aromatic heterocycles. The number of hydrogen-bond acceptors (Lipinski definition) is 5. The van der Waals surface area contributed by atoms with Crippen molar-refractivity contribution in [2.45, 2.75) is 10.1 Å². The van der Waals surface area contributed by atoms with Crippen LogP contribution in [0.2, 0.25) is 0 Å². The van der Waals surface area contributed by atoms with Gasteiger partial charge in [0.05, 0.1) is 16.3 Å². The lowest BCUT2D eigenvalue weighted by Gasteiger charge is -2.18. The maximum absolute atomic E-state index is 6.07. The molecule has 24 heavy (non-hydrogen) atoms. The van der Waals surface area contributed by atoms with Gasteiger partial charge in [-0.1, -0.05) is 36.0 Å². The number of para-hydroxylation sites is 2. The fraction of sp³-hybridized carbons (Fsp3) is 0.111. The highest BCUT2D eigenvalue weighted by molar-refractivity contribution is 8.14. The van der Waals surface area contributed by atoms with Gasteiger partial charge in [-0.3, -0.25) is 0 Å². The first-order valence-electron chi connectivity index (χ1n) is 7.54. The van der Waals surface area contributed by atoms with E-state index in [9.17, 15) is 0 Å². The molecule has 4 rings (SSSR count). The summed E-state index contributed by atoms with van der Waals surface area (Å²) >= 11 is 3.30. The second-order valence-electron chi connectivity index (χ2n) is 5.42. The highest BCUT2D eigenvalue weighted by Crippen LogP contribution is 2.37. The Hall–Kier alpha value is -2.18. The van der Waals surface area contributed by atoms with Crippen LogP contribution in [0.4, 0.5) is 0 Å². The zero-order chi connectivity index (χ0) is 16.5. The zero-order valence-electron chi connectivity index (χ0n) is 13.1. The molecule has 4 nitrogen and oxygen atoms in total. The molecule has 6 heteroatoms. The molecule has 0 bridgehead atoms. The number of aromatic nitrogens is 2. The number of aromatic amines is 1. The van der Waals surface area contributed by atoms with Crippen LogP contribution in [0.25, 0.3) is 16.7 Å². The minimum absolute atomic E-state index is 0.140. The molecule has 0 spiro atoms. The van der Waals surface area contributed by atoms with Crippen LogP contribution >= 0.6 is 23.5 Å². The smallest absolute Gasteiger partial charge is 0.160 e. The summed E-state index contributed by atoms with van der Waals surface area (Å²) in [4.78, 5) is 13.7. The van der Waals surface area contributed by atoms with E-state index in [1.165, 1.54) is 10.5 Å². The lowest BCUT2D eigenvalue weighted by Crippen LogP contribution is -2.13. The van der Waals surface area contributed by atoms with Gasteiger partial charge in [-0.25, -0.2) is 9.98 Å². The number of nitrogens with one attached hydrogen (secondary N) is 1. The number of thioether (sulfide) groups is 2. The summed E-state index contributed by atoms with van der Waals surface area (Å²) in [6.45, 7) is 0. The van der Waals surface area contributed by atoms with Crippen LogP contribution in [0.15, 0.2) is 64.5 Å². The number of imidazole rings is 1. The predicted molar refractivity (Wildman–Crippen MR) is 104 cm³/mol. The summed E-state index contributed by atoms with van der Waals surface area (Å²) < 4.78 is 0. The number of nitrogens with zero attached hydrogens (tertiary/aromatic N) is 2. The van der Waals surface area contributed by atoms with Crippen LogP contribution in [0.3, 0.4) is 0 Å². The molecule has 0 saturated carbocycles. The third-order valence-corrected chi connectivity index (χ3v) is 5.60. The Morgan fingerprint density at radius 3 is 2.67 bits per heavy atom. The third-order valence-electron chi connectivity index (χ3n) is 3.86. The molecule has 0 saturated heterocycles. The van der Waals surface area contributed by atoms with Crippen molar-refractivity contribution in [2.75, 3.05) is 6.26 Å². The van der Waals surface area contributed by atoms with Gasteiger partial charge in [-0.2, -0.15) is 0 Å². The number of aliphatic imine (C=N–C) groups is 1. The molecule has 1 aliphatic rings. The fourth-order valence-corrected chi connectivity index (χ4v) is 3.96. The molecular formula is C18H16N4S2.